The third kappa shape index (κ3) is 40.0. The molecule has 46 heteroatoms. The van der Waals surface area contributed by atoms with E-state index in [0.717, 1.165) is 132 Å². The summed E-state index contributed by atoms with van der Waals surface area (Å²) in [5.41, 5.74) is 5.89. The van der Waals surface area contributed by atoms with Gasteiger partial charge in [-0.2, -0.15) is 0 Å². The van der Waals surface area contributed by atoms with Crippen molar-refractivity contribution < 1.29 is 153 Å². The molecule has 13 N–H and O–H groups in total. The van der Waals surface area contributed by atoms with E-state index in [1.807, 2.05) is 0 Å². The number of nitrogens with one attached hydrogen (secondary N) is 11. The topological polar surface area (TPSA) is 641 Å². The number of ether oxygens (including phenoxy) is 9. The summed E-state index contributed by atoms with van der Waals surface area (Å²) in [7, 11) is 0. The lowest BCUT2D eigenvalue weighted by Crippen LogP contribution is -2.65. The van der Waals surface area contributed by atoms with Crippen LogP contribution in [0.3, 0.4) is 0 Å². The number of hydrogen-bond donors (Lipinski definition) is 12. The highest BCUT2D eigenvalue weighted by molar-refractivity contribution is 6.01. The zero-order valence-corrected chi connectivity index (χ0v) is 79.7. The molecule has 135 heavy (non-hydrogen) atoms. The normalized spacial score (nSPS) is 24.4. The van der Waals surface area contributed by atoms with Crippen molar-refractivity contribution in [2.75, 3.05) is 26.2 Å². The standard InChI is InChI=1S/C89H134N14O32/c1-18-19-20-21-22-23-24-25-26-27-28-30-62-41-70(114)96-73(47(5)127-52(10)105)83(120)93-46(4)79(116)95-65(39-60-32-34-61(35-33-60)131-56(14)109)80(117)98-72(45(2)3)87(124)103-44-63(132-57(15)110)40-66(103)81(118)99-75(49(7)129-54(12)107)85(122)100-76(50(8)130-55(13)108)88(125)102-38-36-67(133-58(16)111)78(102)86(123)101-77(68(42-69(90)113)134-59(17)112)82(119)92-43-71(115)97-74(48(6)128-53(11)106)84(121)94-64(89(126)135-62)31-29-37-91-51(9)104/h32-35,45-50,62-68,72-78H,18-31,36-44H2,1-17H3,(H2,90,113)(H,91,104)(H,92,119)(H,93,120)(H,94,121)(H,95,116)(H,96,114)(H,97,115)(H,98,117)(H,99,118)(H,100,122)(H,101,123)/t46-,47-,48-,49-,50-,62-,63-,64+,65+,66+,67+,68-,72+,73-,74+,75-,76+,77+,78+/m1/s1. The monoisotopic (exact) mass is 1910 g/mol. The third-order valence-electron chi connectivity index (χ3n) is 21.8. The first kappa shape index (κ1) is 114. The minimum absolute atomic E-state index is 0.0460. The summed E-state index contributed by atoms with van der Waals surface area (Å²) in [5, 5.41) is 26.8. The number of benzene rings is 1. The summed E-state index contributed by atoms with van der Waals surface area (Å²) in [5.74, 6) is -26.8. The number of amides is 14. The second kappa shape index (κ2) is 56.9. The lowest BCUT2D eigenvalue weighted by Gasteiger charge is -2.35. The largest absolute Gasteiger partial charge is 0.461 e. The number of cyclic esters (lactones) is 1. The van der Waals surface area contributed by atoms with Crippen LogP contribution in [0.4, 0.5) is 0 Å². The van der Waals surface area contributed by atoms with Gasteiger partial charge in [-0.15, -0.1) is 0 Å². The molecule has 0 aliphatic carbocycles. The van der Waals surface area contributed by atoms with E-state index in [4.69, 9.17) is 48.4 Å². The number of nitrogens with zero attached hydrogens (tertiary/aromatic N) is 2. The van der Waals surface area contributed by atoms with Gasteiger partial charge in [0, 0.05) is 94.7 Å². The number of primary amides is 1. The van der Waals surface area contributed by atoms with E-state index >= 15 is 28.8 Å². The van der Waals surface area contributed by atoms with Gasteiger partial charge in [0.05, 0.1) is 25.9 Å². The maximum atomic E-state index is 15.6. The van der Waals surface area contributed by atoms with Crippen LogP contribution >= 0.6 is 0 Å². The quantitative estimate of drug-likeness (QED) is 0.0169. The van der Waals surface area contributed by atoms with E-state index in [9.17, 15) is 81.5 Å². The molecule has 19 atom stereocenters. The van der Waals surface area contributed by atoms with Crippen LogP contribution in [-0.2, 0) is 155 Å². The Kier molecular flexibility index (Phi) is 48.2. The van der Waals surface area contributed by atoms with E-state index < -0.39 is 309 Å². The Labute approximate surface area is 782 Å². The van der Waals surface area contributed by atoms with Crippen LogP contribution in [0.2, 0.25) is 0 Å². The molecule has 3 heterocycles. The van der Waals surface area contributed by atoms with Gasteiger partial charge >= 0.3 is 53.7 Å². The maximum Gasteiger partial charge on any atom is 0.328 e. The van der Waals surface area contributed by atoms with Gasteiger partial charge < -0.3 is 117 Å². The number of unbranched alkanes of at least 4 members (excludes halogenated alkanes) is 10. The van der Waals surface area contributed by atoms with Crippen molar-refractivity contribution in [1.29, 1.82) is 0 Å². The molecule has 3 saturated heterocycles. The predicted octanol–water partition coefficient (Wildman–Crippen LogP) is -1.08. The minimum Gasteiger partial charge on any atom is -0.461 e. The first-order valence-electron chi connectivity index (χ1n) is 45.2. The molecule has 1 aromatic carbocycles. The summed E-state index contributed by atoms with van der Waals surface area (Å²) >= 11 is 0. The highest BCUT2D eigenvalue weighted by atomic mass is 16.6. The lowest BCUT2D eigenvalue weighted by molar-refractivity contribution is -0.159. The van der Waals surface area contributed by atoms with Crippen LogP contribution in [0.5, 0.6) is 5.75 Å². The van der Waals surface area contributed by atoms with Gasteiger partial charge in [0.2, 0.25) is 82.7 Å². The Morgan fingerprint density at radius 2 is 0.941 bits per heavy atom. The van der Waals surface area contributed by atoms with Gasteiger partial charge in [-0.3, -0.25) is 105 Å². The first-order chi connectivity index (χ1) is 63.4. The van der Waals surface area contributed by atoms with Gasteiger partial charge in [-0.1, -0.05) is 97.1 Å². The van der Waals surface area contributed by atoms with E-state index in [1.165, 1.54) is 58.9 Å². The number of carbonyl (C=O) groups excluding carboxylic acids is 23. The molecule has 0 unspecified atom stereocenters. The number of nitrogens with two attached hydrogens (primary N) is 1. The molecule has 3 aliphatic heterocycles. The fourth-order valence-corrected chi connectivity index (χ4v) is 15.5. The summed E-state index contributed by atoms with van der Waals surface area (Å²) in [6.45, 7) is 17.2. The summed E-state index contributed by atoms with van der Waals surface area (Å²) in [4.78, 5) is 323. The van der Waals surface area contributed by atoms with Crippen molar-refractivity contribution in [3.05, 3.63) is 29.8 Å². The van der Waals surface area contributed by atoms with Crippen LogP contribution < -0.4 is 69.0 Å². The molecular formula is C89H134N14O32. The van der Waals surface area contributed by atoms with E-state index in [2.05, 4.69) is 65.4 Å². The molecule has 0 bridgehead atoms. The van der Waals surface area contributed by atoms with Gasteiger partial charge in [0.25, 0.3) is 0 Å². The smallest absolute Gasteiger partial charge is 0.328 e. The van der Waals surface area contributed by atoms with Crippen LogP contribution in [0, 0.1) is 5.92 Å². The molecule has 46 nitrogen and oxygen atoms in total. The summed E-state index contributed by atoms with van der Waals surface area (Å²) in [6.07, 6.45) is -7.25. The summed E-state index contributed by atoms with van der Waals surface area (Å²) in [6, 6.07) is -15.8. The molecule has 0 aromatic heterocycles. The zero-order valence-electron chi connectivity index (χ0n) is 79.7. The molecular weight excluding hydrogens is 1780 g/mol. The molecule has 1 aromatic rings. The number of esters is 9. The number of rotatable bonds is 34. The van der Waals surface area contributed by atoms with Crippen LogP contribution in [0.1, 0.15) is 239 Å². The molecule has 3 aliphatic rings. The van der Waals surface area contributed by atoms with Gasteiger partial charge in [0.15, 0.2) is 0 Å². The van der Waals surface area contributed by atoms with Crippen molar-refractivity contribution in [3.63, 3.8) is 0 Å². The SMILES string of the molecule is CCCCCCCCCCCCC[C@@H]1CC(=O)N[C@H]([C@@H](C)OC(C)=O)C(=O)N[C@H](C)C(=O)N[C@@H](Cc2ccc(OC(C)=O)cc2)C(=O)N[C@@H](C(C)C)C(=O)N2C[C@H](OC(C)=O)C[C@H]2C(=O)N[C@H]([C@@H](C)OC(C)=O)C(=O)N[C@@H]([C@@H](C)OC(C)=O)C(=O)N2CC[C@H](OC(C)=O)[C@H]2C(=O)N[C@@H]([C@@H](CC(N)=O)OC(C)=O)C(=O)NCC(=O)N[C@@H]([C@@H](C)OC(C)=O)C(=O)N[C@@H](CCCNC(C)=O)C(=O)O1. The second-order valence-corrected chi connectivity index (χ2v) is 34.0. The number of hydrogen-bond acceptors (Lipinski definition) is 32. The van der Waals surface area contributed by atoms with E-state index in [-0.39, 0.29) is 37.1 Å². The third-order valence-corrected chi connectivity index (χ3v) is 21.8. The highest BCUT2D eigenvalue weighted by Crippen LogP contribution is 2.29. The van der Waals surface area contributed by atoms with Crippen LogP contribution in [0.15, 0.2) is 24.3 Å². The molecule has 0 spiro atoms. The highest BCUT2D eigenvalue weighted by Gasteiger charge is 2.51. The molecule has 752 valence electrons. The molecule has 3 fully saturated rings. The Hall–Kier alpha value is -13.0. The van der Waals surface area contributed by atoms with Crippen molar-refractivity contribution in [3.8, 4) is 5.75 Å². The van der Waals surface area contributed by atoms with Crippen molar-refractivity contribution in [2.24, 2.45) is 11.7 Å². The fourth-order valence-electron chi connectivity index (χ4n) is 15.5. The number of carbonyl (C=O) groups is 23. The van der Waals surface area contributed by atoms with Crippen molar-refractivity contribution in [1.82, 2.24) is 68.3 Å². The Bertz CT molecular complexity index is 4360. The Morgan fingerprint density at radius 1 is 0.467 bits per heavy atom. The Morgan fingerprint density at radius 3 is 1.45 bits per heavy atom. The molecule has 14 amide bonds. The van der Waals surface area contributed by atoms with Gasteiger partial charge in [0.1, 0.15) is 121 Å². The van der Waals surface area contributed by atoms with Crippen molar-refractivity contribution >= 4 is 136 Å². The lowest BCUT2D eigenvalue weighted by atomic mass is 9.99. The average Bonchev–Trinajstić information content (AvgIpc) is 1.66. The van der Waals surface area contributed by atoms with E-state index in [1.54, 1.807) is 0 Å². The second-order valence-electron chi connectivity index (χ2n) is 34.0. The summed E-state index contributed by atoms with van der Waals surface area (Å²) < 4.78 is 49.4. The van der Waals surface area contributed by atoms with Gasteiger partial charge in [-0.05, 0) is 83.9 Å². The van der Waals surface area contributed by atoms with Gasteiger partial charge in [-0.25, -0.2) is 4.79 Å². The van der Waals surface area contributed by atoms with Crippen molar-refractivity contribution in [2.45, 2.75) is 355 Å². The van der Waals surface area contributed by atoms with Crippen LogP contribution in [-0.4, -0.2) is 288 Å². The van der Waals surface area contributed by atoms with E-state index in [0.29, 0.717) is 24.2 Å². The fraction of sp³-hybridized carbons (Fsp3) is 0.674. The average molecular weight is 1910 g/mol. The van der Waals surface area contributed by atoms with Crippen LogP contribution in [0.25, 0.3) is 0 Å². The predicted molar refractivity (Wildman–Crippen MR) is 471 cm³/mol. The molecule has 0 saturated carbocycles. The first-order valence-corrected chi connectivity index (χ1v) is 45.2. The molecule has 4 rings (SSSR count). The number of fused-ring (bicyclic) bond motifs is 2. The molecule has 0 radical (unpaired) electrons. The minimum atomic E-state index is -2.36. The zero-order chi connectivity index (χ0) is 101. The maximum absolute atomic E-state index is 15.6. The Balaban J connectivity index is 2.08.